The standard InChI is InChI=1S/C15H20N2O2/c1-15(2,14(18)19)7-8-16-9-11-10-17-13-6-4-3-5-12(11)13/h3-6,10,16-17H,7-9H2,1-2H3,(H,18,19). The van der Waals surface area contributed by atoms with E-state index >= 15 is 0 Å². The van der Waals surface area contributed by atoms with Gasteiger partial charge >= 0.3 is 5.97 Å². The van der Waals surface area contributed by atoms with Crippen LogP contribution < -0.4 is 5.32 Å². The third-order valence-electron chi connectivity index (χ3n) is 3.50. The topological polar surface area (TPSA) is 65.1 Å². The number of rotatable bonds is 6. The van der Waals surface area contributed by atoms with Crippen LogP contribution in [0.4, 0.5) is 0 Å². The molecule has 0 aliphatic rings. The fraction of sp³-hybridized carbons (Fsp3) is 0.400. The fourth-order valence-corrected chi connectivity index (χ4v) is 2.01. The van der Waals surface area contributed by atoms with Crippen LogP contribution in [0, 0.1) is 5.41 Å². The molecule has 4 nitrogen and oxygen atoms in total. The van der Waals surface area contributed by atoms with Gasteiger partial charge in [0.05, 0.1) is 5.41 Å². The number of carboxylic acid groups (broad SMARTS) is 1. The van der Waals surface area contributed by atoms with Gasteiger partial charge in [0.1, 0.15) is 0 Å². The number of hydrogen-bond donors (Lipinski definition) is 3. The first-order valence-corrected chi connectivity index (χ1v) is 6.50. The number of aromatic nitrogens is 1. The molecule has 4 heteroatoms. The molecule has 1 aromatic carbocycles. The molecule has 0 saturated heterocycles. The lowest BCUT2D eigenvalue weighted by Crippen LogP contribution is -2.28. The van der Waals surface area contributed by atoms with Crippen LogP contribution in [0.3, 0.4) is 0 Å². The first-order valence-electron chi connectivity index (χ1n) is 6.50. The van der Waals surface area contributed by atoms with Gasteiger partial charge in [0.2, 0.25) is 0 Å². The summed E-state index contributed by atoms with van der Waals surface area (Å²) in [5.41, 5.74) is 1.67. The minimum Gasteiger partial charge on any atom is -0.481 e. The number of H-pyrrole nitrogens is 1. The van der Waals surface area contributed by atoms with Gasteiger partial charge in [-0.2, -0.15) is 0 Å². The van der Waals surface area contributed by atoms with Crippen molar-refractivity contribution in [2.24, 2.45) is 5.41 Å². The van der Waals surface area contributed by atoms with Crippen LogP contribution in [0.1, 0.15) is 25.8 Å². The molecule has 0 aliphatic heterocycles. The Hall–Kier alpha value is -1.81. The lowest BCUT2D eigenvalue weighted by atomic mass is 9.90. The Morgan fingerprint density at radius 1 is 1.37 bits per heavy atom. The quantitative estimate of drug-likeness (QED) is 0.700. The Morgan fingerprint density at radius 2 is 2.11 bits per heavy atom. The zero-order chi connectivity index (χ0) is 13.9. The van der Waals surface area contributed by atoms with Gasteiger partial charge < -0.3 is 15.4 Å². The molecule has 0 radical (unpaired) electrons. The zero-order valence-electron chi connectivity index (χ0n) is 11.4. The number of carbonyl (C=O) groups is 1. The number of para-hydroxylation sites is 1. The third-order valence-corrected chi connectivity index (χ3v) is 3.50. The van der Waals surface area contributed by atoms with E-state index in [9.17, 15) is 4.79 Å². The van der Waals surface area contributed by atoms with Crippen molar-refractivity contribution >= 4 is 16.9 Å². The van der Waals surface area contributed by atoms with Crippen molar-refractivity contribution in [3.05, 3.63) is 36.0 Å². The average molecular weight is 260 g/mol. The molecule has 0 saturated carbocycles. The van der Waals surface area contributed by atoms with E-state index < -0.39 is 11.4 Å². The fourth-order valence-electron chi connectivity index (χ4n) is 2.01. The highest BCUT2D eigenvalue weighted by Crippen LogP contribution is 2.20. The third kappa shape index (κ3) is 3.15. The van der Waals surface area contributed by atoms with Crippen LogP contribution in [0.5, 0.6) is 0 Å². The van der Waals surface area contributed by atoms with Crippen molar-refractivity contribution in [1.29, 1.82) is 0 Å². The first-order chi connectivity index (χ1) is 9.00. The second kappa shape index (κ2) is 5.45. The first kappa shape index (κ1) is 13.6. The second-order valence-electron chi connectivity index (χ2n) is 5.48. The SMILES string of the molecule is CC(C)(CCNCc1c[nH]c2ccccc12)C(=O)O. The molecule has 1 heterocycles. The van der Waals surface area contributed by atoms with Crippen LogP contribution in [0.25, 0.3) is 10.9 Å². The maximum Gasteiger partial charge on any atom is 0.309 e. The molecule has 1 aromatic heterocycles. The Morgan fingerprint density at radius 3 is 2.84 bits per heavy atom. The molecule has 0 atom stereocenters. The van der Waals surface area contributed by atoms with E-state index in [1.54, 1.807) is 13.8 Å². The van der Waals surface area contributed by atoms with E-state index in [2.05, 4.69) is 16.4 Å². The number of aromatic amines is 1. The summed E-state index contributed by atoms with van der Waals surface area (Å²) in [6, 6.07) is 8.16. The smallest absolute Gasteiger partial charge is 0.309 e. The summed E-state index contributed by atoms with van der Waals surface area (Å²) in [4.78, 5) is 14.2. The number of carboxylic acids is 1. The Balaban J connectivity index is 1.88. The summed E-state index contributed by atoms with van der Waals surface area (Å²) in [5.74, 6) is -0.749. The lowest BCUT2D eigenvalue weighted by molar-refractivity contribution is -0.147. The van der Waals surface area contributed by atoms with Gasteiger partial charge in [-0.3, -0.25) is 4.79 Å². The summed E-state index contributed by atoms with van der Waals surface area (Å²) >= 11 is 0. The van der Waals surface area contributed by atoms with Crippen molar-refractivity contribution in [2.75, 3.05) is 6.54 Å². The zero-order valence-corrected chi connectivity index (χ0v) is 11.4. The van der Waals surface area contributed by atoms with Gasteiger partial charge in [-0.05, 0) is 38.4 Å². The lowest BCUT2D eigenvalue weighted by Gasteiger charge is -2.18. The monoisotopic (exact) mass is 260 g/mol. The van der Waals surface area contributed by atoms with Gasteiger partial charge in [-0.1, -0.05) is 18.2 Å². The number of benzene rings is 1. The van der Waals surface area contributed by atoms with Crippen molar-refractivity contribution < 1.29 is 9.90 Å². The van der Waals surface area contributed by atoms with Crippen molar-refractivity contribution in [3.8, 4) is 0 Å². The van der Waals surface area contributed by atoms with Crippen molar-refractivity contribution in [1.82, 2.24) is 10.3 Å². The molecule has 0 spiro atoms. The van der Waals surface area contributed by atoms with E-state index in [0.717, 1.165) is 12.1 Å². The van der Waals surface area contributed by atoms with Crippen molar-refractivity contribution in [2.45, 2.75) is 26.8 Å². The maximum atomic E-state index is 11.0. The summed E-state index contributed by atoms with van der Waals surface area (Å²) in [6.45, 7) is 4.95. The Labute approximate surface area is 112 Å². The van der Waals surface area contributed by atoms with Crippen molar-refractivity contribution in [3.63, 3.8) is 0 Å². The van der Waals surface area contributed by atoms with Gasteiger partial charge in [-0.15, -0.1) is 0 Å². The molecule has 3 N–H and O–H groups in total. The van der Waals surface area contributed by atoms with E-state index in [4.69, 9.17) is 5.11 Å². The van der Waals surface area contributed by atoms with Crippen LogP contribution >= 0.6 is 0 Å². The normalized spacial score (nSPS) is 11.9. The molecule has 2 rings (SSSR count). The molecule has 102 valence electrons. The Kier molecular flexibility index (Phi) is 3.90. The molecule has 2 aromatic rings. The highest BCUT2D eigenvalue weighted by molar-refractivity contribution is 5.82. The number of fused-ring (bicyclic) bond motifs is 1. The molecular weight excluding hydrogens is 240 g/mol. The van der Waals surface area contributed by atoms with Gasteiger partial charge in [0, 0.05) is 23.6 Å². The van der Waals surface area contributed by atoms with E-state index in [0.29, 0.717) is 13.0 Å². The summed E-state index contributed by atoms with van der Waals surface area (Å²) in [6.07, 6.45) is 2.62. The van der Waals surface area contributed by atoms with Gasteiger partial charge in [0.25, 0.3) is 0 Å². The van der Waals surface area contributed by atoms with Crippen LogP contribution in [0.2, 0.25) is 0 Å². The Bertz CT molecular complexity index is 572. The van der Waals surface area contributed by atoms with Gasteiger partial charge in [-0.25, -0.2) is 0 Å². The van der Waals surface area contributed by atoms with Crippen LogP contribution in [-0.4, -0.2) is 22.6 Å². The molecular formula is C15H20N2O2. The molecule has 0 unspecified atom stereocenters. The predicted octanol–water partition coefficient (Wildman–Crippen LogP) is 2.76. The molecule has 0 bridgehead atoms. The highest BCUT2D eigenvalue weighted by atomic mass is 16.4. The average Bonchev–Trinajstić information content (AvgIpc) is 2.78. The summed E-state index contributed by atoms with van der Waals surface area (Å²) in [5, 5.41) is 13.6. The molecule has 0 fully saturated rings. The summed E-state index contributed by atoms with van der Waals surface area (Å²) < 4.78 is 0. The largest absolute Gasteiger partial charge is 0.481 e. The second-order valence-corrected chi connectivity index (χ2v) is 5.48. The summed E-state index contributed by atoms with van der Waals surface area (Å²) in [7, 11) is 0. The van der Waals surface area contributed by atoms with E-state index in [-0.39, 0.29) is 0 Å². The van der Waals surface area contributed by atoms with Crippen LogP contribution in [-0.2, 0) is 11.3 Å². The van der Waals surface area contributed by atoms with E-state index in [1.165, 1.54) is 10.9 Å². The minimum absolute atomic E-state index is 0.616. The van der Waals surface area contributed by atoms with Gasteiger partial charge in [0.15, 0.2) is 0 Å². The number of hydrogen-bond acceptors (Lipinski definition) is 2. The predicted molar refractivity (Wildman–Crippen MR) is 76.0 cm³/mol. The van der Waals surface area contributed by atoms with Crippen LogP contribution in [0.15, 0.2) is 30.5 Å². The minimum atomic E-state index is -0.749. The number of nitrogens with one attached hydrogen (secondary N) is 2. The van der Waals surface area contributed by atoms with E-state index in [1.807, 2.05) is 24.4 Å². The molecule has 0 aliphatic carbocycles. The molecule has 0 amide bonds. The highest BCUT2D eigenvalue weighted by Gasteiger charge is 2.26. The maximum absolute atomic E-state index is 11.0. The molecule has 19 heavy (non-hydrogen) atoms. The number of aliphatic carboxylic acids is 1.